The largest absolute Gasteiger partial charge is 0.433 e. The van der Waals surface area contributed by atoms with Gasteiger partial charge < -0.3 is 10.6 Å². The molecule has 0 amide bonds. The first-order chi connectivity index (χ1) is 12.7. The fourth-order valence-corrected chi connectivity index (χ4v) is 2.10. The Morgan fingerprint density at radius 2 is 1.46 bits per heavy atom. The van der Waals surface area contributed by atoms with E-state index in [1.54, 1.807) is 0 Å². The van der Waals surface area contributed by atoms with Gasteiger partial charge in [-0.05, 0) is 25.1 Å². The maximum absolute atomic E-state index is 13.2. The molecular weight excluding hydrogens is 407 g/mol. The zero-order chi connectivity index (χ0) is 21.3. The standard InChI is InChI=1S/C15H11F9N4/c1-2-25-12-27-10(15(22,23)24)6-11(28-12)26-9-4-3-7(13(16,17)18)5-8(9)14(19,20)21/h3-6H,2H2,1H3,(H2,25,26,27,28). The van der Waals surface area contributed by atoms with Crippen molar-refractivity contribution in [2.45, 2.75) is 25.5 Å². The van der Waals surface area contributed by atoms with Gasteiger partial charge in [0.2, 0.25) is 5.95 Å². The summed E-state index contributed by atoms with van der Waals surface area (Å²) in [6.07, 6.45) is -15.2. The maximum Gasteiger partial charge on any atom is 0.433 e. The second-order valence-electron chi connectivity index (χ2n) is 5.37. The molecule has 154 valence electrons. The Hall–Kier alpha value is -2.73. The van der Waals surface area contributed by atoms with Crippen molar-refractivity contribution in [2.75, 3.05) is 17.2 Å². The van der Waals surface area contributed by atoms with Gasteiger partial charge in [0, 0.05) is 12.6 Å². The molecule has 0 saturated carbocycles. The average molecular weight is 418 g/mol. The molecule has 13 heteroatoms. The van der Waals surface area contributed by atoms with Crippen molar-refractivity contribution in [3.63, 3.8) is 0 Å². The van der Waals surface area contributed by atoms with Gasteiger partial charge in [-0.1, -0.05) is 0 Å². The maximum atomic E-state index is 13.2. The first-order valence-electron chi connectivity index (χ1n) is 7.47. The molecule has 0 saturated heterocycles. The topological polar surface area (TPSA) is 49.8 Å². The van der Waals surface area contributed by atoms with Crippen LogP contribution >= 0.6 is 0 Å². The van der Waals surface area contributed by atoms with Crippen molar-refractivity contribution < 1.29 is 39.5 Å². The molecule has 0 atom stereocenters. The van der Waals surface area contributed by atoms with Gasteiger partial charge in [-0.25, -0.2) is 4.98 Å². The third-order valence-corrected chi connectivity index (χ3v) is 3.27. The Morgan fingerprint density at radius 1 is 0.821 bits per heavy atom. The van der Waals surface area contributed by atoms with Gasteiger partial charge in [0.05, 0.1) is 16.8 Å². The molecule has 0 spiro atoms. The summed E-state index contributed by atoms with van der Waals surface area (Å²) >= 11 is 0. The number of aromatic nitrogens is 2. The number of rotatable bonds is 4. The SMILES string of the molecule is CCNc1nc(Nc2ccc(C(F)(F)F)cc2C(F)(F)F)cc(C(F)(F)F)n1. The Balaban J connectivity index is 2.54. The van der Waals surface area contributed by atoms with Crippen LogP contribution < -0.4 is 10.6 Å². The molecule has 0 aliphatic carbocycles. The normalized spacial score (nSPS) is 12.8. The van der Waals surface area contributed by atoms with Crippen molar-refractivity contribution in [2.24, 2.45) is 0 Å². The van der Waals surface area contributed by atoms with E-state index in [9.17, 15) is 39.5 Å². The minimum atomic E-state index is -5.20. The molecule has 28 heavy (non-hydrogen) atoms. The van der Waals surface area contributed by atoms with Gasteiger partial charge in [0.1, 0.15) is 5.82 Å². The van der Waals surface area contributed by atoms with Gasteiger partial charge in [-0.2, -0.15) is 44.5 Å². The van der Waals surface area contributed by atoms with Crippen molar-refractivity contribution in [3.05, 3.63) is 41.1 Å². The fourth-order valence-electron chi connectivity index (χ4n) is 2.10. The van der Waals surface area contributed by atoms with E-state index in [0.29, 0.717) is 18.2 Å². The predicted octanol–water partition coefficient (Wildman–Crippen LogP) is 5.71. The molecular formula is C15H11F9N4. The van der Waals surface area contributed by atoms with E-state index in [1.807, 2.05) is 5.32 Å². The van der Waals surface area contributed by atoms with Crippen molar-refractivity contribution in [1.29, 1.82) is 0 Å². The van der Waals surface area contributed by atoms with Crippen LogP contribution in [0.25, 0.3) is 0 Å². The van der Waals surface area contributed by atoms with Crippen LogP contribution in [0.3, 0.4) is 0 Å². The van der Waals surface area contributed by atoms with E-state index in [4.69, 9.17) is 0 Å². The molecule has 2 N–H and O–H groups in total. The zero-order valence-corrected chi connectivity index (χ0v) is 13.8. The van der Waals surface area contributed by atoms with Crippen LogP contribution in [0.15, 0.2) is 24.3 Å². The number of anilines is 3. The number of nitrogens with zero attached hydrogens (tertiary/aromatic N) is 2. The summed E-state index contributed by atoms with van der Waals surface area (Å²) in [6, 6.07) is 1.04. The van der Waals surface area contributed by atoms with Crippen LogP contribution in [0.4, 0.5) is 57.0 Å². The third-order valence-electron chi connectivity index (χ3n) is 3.27. The van der Waals surface area contributed by atoms with Gasteiger partial charge in [-0.15, -0.1) is 0 Å². The van der Waals surface area contributed by atoms with E-state index < -0.39 is 52.8 Å². The van der Waals surface area contributed by atoms with Gasteiger partial charge in [0.15, 0.2) is 5.69 Å². The summed E-state index contributed by atoms with van der Waals surface area (Å²) in [6.45, 7) is 1.64. The van der Waals surface area contributed by atoms with E-state index in [-0.39, 0.29) is 12.6 Å². The highest BCUT2D eigenvalue weighted by Crippen LogP contribution is 2.40. The first kappa shape index (κ1) is 21.6. The first-order valence-corrected chi connectivity index (χ1v) is 7.47. The zero-order valence-electron chi connectivity index (χ0n) is 13.8. The van der Waals surface area contributed by atoms with Crippen LogP contribution in [-0.2, 0) is 18.5 Å². The van der Waals surface area contributed by atoms with Crippen LogP contribution in [0, 0.1) is 0 Å². The minimum Gasteiger partial charge on any atom is -0.354 e. The number of nitrogens with one attached hydrogen (secondary N) is 2. The highest BCUT2D eigenvalue weighted by Gasteiger charge is 2.39. The average Bonchev–Trinajstić information content (AvgIpc) is 2.52. The molecule has 0 radical (unpaired) electrons. The second-order valence-corrected chi connectivity index (χ2v) is 5.37. The van der Waals surface area contributed by atoms with Crippen LogP contribution in [0.2, 0.25) is 0 Å². The second kappa shape index (κ2) is 7.36. The van der Waals surface area contributed by atoms with Crippen molar-refractivity contribution in [3.8, 4) is 0 Å². The summed E-state index contributed by atoms with van der Waals surface area (Å²) in [4.78, 5) is 6.80. The Labute approximate surface area is 151 Å². The van der Waals surface area contributed by atoms with E-state index >= 15 is 0 Å². The minimum absolute atomic E-state index is 0.120. The Bertz CT molecular complexity index is 841. The van der Waals surface area contributed by atoms with Crippen molar-refractivity contribution in [1.82, 2.24) is 9.97 Å². The van der Waals surface area contributed by atoms with Gasteiger partial charge in [-0.3, -0.25) is 0 Å². The Kier molecular flexibility index (Phi) is 5.67. The highest BCUT2D eigenvalue weighted by molar-refractivity contribution is 5.63. The molecule has 0 aliphatic heterocycles. The Morgan fingerprint density at radius 3 is 1.96 bits per heavy atom. The molecule has 2 rings (SSSR count). The summed E-state index contributed by atoms with van der Waals surface area (Å²) in [5, 5.41) is 4.38. The lowest BCUT2D eigenvalue weighted by atomic mass is 10.1. The quantitative estimate of drug-likeness (QED) is 0.625. The summed E-state index contributed by atoms with van der Waals surface area (Å²) in [7, 11) is 0. The fraction of sp³-hybridized carbons (Fsp3) is 0.333. The summed E-state index contributed by atoms with van der Waals surface area (Å²) in [5.41, 5.74) is -5.60. The van der Waals surface area contributed by atoms with E-state index in [2.05, 4.69) is 15.3 Å². The number of alkyl halides is 9. The smallest absolute Gasteiger partial charge is 0.354 e. The molecule has 1 heterocycles. The summed E-state index contributed by atoms with van der Waals surface area (Å²) < 4.78 is 116. The number of halogens is 9. The number of hydrogen-bond donors (Lipinski definition) is 2. The van der Waals surface area contributed by atoms with Crippen LogP contribution in [0.1, 0.15) is 23.7 Å². The molecule has 2 aromatic rings. The predicted molar refractivity (Wildman–Crippen MR) is 80.9 cm³/mol. The molecule has 1 aromatic carbocycles. The van der Waals surface area contributed by atoms with Gasteiger partial charge >= 0.3 is 18.5 Å². The van der Waals surface area contributed by atoms with Crippen LogP contribution in [0.5, 0.6) is 0 Å². The molecule has 0 aliphatic rings. The number of benzene rings is 1. The van der Waals surface area contributed by atoms with Crippen LogP contribution in [-0.4, -0.2) is 16.5 Å². The lowest BCUT2D eigenvalue weighted by Gasteiger charge is -2.17. The van der Waals surface area contributed by atoms with Gasteiger partial charge in [0.25, 0.3) is 0 Å². The molecule has 0 bridgehead atoms. The van der Waals surface area contributed by atoms with E-state index in [0.717, 1.165) is 0 Å². The molecule has 0 unspecified atom stereocenters. The lowest BCUT2D eigenvalue weighted by molar-refractivity contribution is -0.143. The monoisotopic (exact) mass is 418 g/mol. The number of hydrogen-bond acceptors (Lipinski definition) is 4. The highest BCUT2D eigenvalue weighted by atomic mass is 19.4. The van der Waals surface area contributed by atoms with Crippen molar-refractivity contribution >= 4 is 17.5 Å². The molecule has 0 fully saturated rings. The third kappa shape index (κ3) is 5.16. The van der Waals surface area contributed by atoms with E-state index in [1.165, 1.54) is 6.92 Å². The molecule has 1 aromatic heterocycles. The summed E-state index contributed by atoms with van der Waals surface area (Å²) in [5.74, 6) is -1.19. The molecule has 4 nitrogen and oxygen atoms in total. The lowest BCUT2D eigenvalue weighted by Crippen LogP contribution is -2.15.